The van der Waals surface area contributed by atoms with Crippen LogP contribution in [0.4, 0.5) is 0 Å². The molecule has 5 nitrogen and oxygen atoms in total. The Balaban J connectivity index is 1.96. The summed E-state index contributed by atoms with van der Waals surface area (Å²) in [5, 5.41) is 13.3. The fourth-order valence-corrected chi connectivity index (χ4v) is 2.30. The van der Waals surface area contributed by atoms with E-state index in [1.54, 1.807) is 6.07 Å². The van der Waals surface area contributed by atoms with Gasteiger partial charge in [-0.15, -0.1) is 0 Å². The Hall–Kier alpha value is -2.34. The Morgan fingerprint density at radius 3 is 2.91 bits per heavy atom. The number of carbonyl (C=O) groups is 1. The van der Waals surface area contributed by atoms with Gasteiger partial charge in [0.25, 0.3) is 0 Å². The molecule has 0 aliphatic rings. The Labute approximate surface area is 136 Å². The highest BCUT2D eigenvalue weighted by atomic mass is 79.9. The second kappa shape index (κ2) is 7.61. The molecule has 0 aliphatic heterocycles. The predicted octanol–water partition coefficient (Wildman–Crippen LogP) is 2.86. The van der Waals surface area contributed by atoms with Gasteiger partial charge < -0.3 is 9.84 Å². The molecule has 0 heterocycles. The number of phenols is 1. The molecule has 0 spiro atoms. The van der Waals surface area contributed by atoms with Crippen LogP contribution in [0.1, 0.15) is 11.1 Å². The normalized spacial score (nSPS) is 10.6. The number of carbonyl (C=O) groups excluding carboxylic acids is 1. The summed E-state index contributed by atoms with van der Waals surface area (Å²) >= 11 is 3.36. The molecule has 1 amide bonds. The number of benzene rings is 2. The van der Waals surface area contributed by atoms with E-state index in [1.807, 2.05) is 24.3 Å². The molecule has 114 valence electrons. The largest absolute Gasteiger partial charge is 0.508 e. The molecular weight excluding hydrogens is 348 g/mol. The molecule has 0 unspecified atom stereocenters. The van der Waals surface area contributed by atoms with E-state index in [4.69, 9.17) is 4.74 Å². The third-order valence-corrected chi connectivity index (χ3v) is 3.36. The van der Waals surface area contributed by atoms with E-state index < -0.39 is 0 Å². The zero-order valence-electron chi connectivity index (χ0n) is 11.9. The summed E-state index contributed by atoms with van der Waals surface area (Å²) in [6.45, 7) is 0. The van der Waals surface area contributed by atoms with Gasteiger partial charge in [-0.2, -0.15) is 5.10 Å². The van der Waals surface area contributed by atoms with Crippen molar-refractivity contribution in [1.82, 2.24) is 5.43 Å². The van der Waals surface area contributed by atoms with Gasteiger partial charge in [0.15, 0.2) is 0 Å². The van der Waals surface area contributed by atoms with Crippen LogP contribution in [0.15, 0.2) is 52.0 Å². The van der Waals surface area contributed by atoms with E-state index >= 15 is 0 Å². The summed E-state index contributed by atoms with van der Waals surface area (Å²) in [7, 11) is 1.50. The predicted molar refractivity (Wildman–Crippen MR) is 88.2 cm³/mol. The van der Waals surface area contributed by atoms with Crippen molar-refractivity contribution >= 4 is 28.1 Å². The number of hydrogen-bond acceptors (Lipinski definition) is 4. The first-order valence-corrected chi connectivity index (χ1v) is 7.31. The second-order valence-corrected chi connectivity index (χ2v) is 5.44. The zero-order chi connectivity index (χ0) is 15.9. The van der Waals surface area contributed by atoms with Gasteiger partial charge in [0.1, 0.15) is 11.5 Å². The van der Waals surface area contributed by atoms with Crippen LogP contribution in [0.25, 0.3) is 0 Å². The third kappa shape index (κ3) is 4.60. The molecule has 0 atom stereocenters. The number of hydrogen-bond donors (Lipinski definition) is 2. The second-order valence-electron chi connectivity index (χ2n) is 4.53. The lowest BCUT2D eigenvalue weighted by Crippen LogP contribution is -2.19. The number of amides is 1. The molecule has 0 aromatic heterocycles. The molecule has 0 aliphatic carbocycles. The number of hydrazone groups is 1. The minimum absolute atomic E-state index is 0.104. The van der Waals surface area contributed by atoms with E-state index in [9.17, 15) is 9.90 Å². The molecule has 0 radical (unpaired) electrons. The zero-order valence-corrected chi connectivity index (χ0v) is 13.5. The van der Waals surface area contributed by atoms with Gasteiger partial charge >= 0.3 is 0 Å². The molecule has 0 bridgehead atoms. The van der Waals surface area contributed by atoms with Gasteiger partial charge in [0.2, 0.25) is 5.91 Å². The molecule has 22 heavy (non-hydrogen) atoms. The van der Waals surface area contributed by atoms with E-state index in [0.717, 1.165) is 10.0 Å². The van der Waals surface area contributed by atoms with E-state index in [2.05, 4.69) is 26.5 Å². The quantitative estimate of drug-likeness (QED) is 0.634. The average Bonchev–Trinajstić information content (AvgIpc) is 2.48. The van der Waals surface area contributed by atoms with Gasteiger partial charge in [-0.05, 0) is 29.8 Å². The number of rotatable bonds is 5. The van der Waals surface area contributed by atoms with Gasteiger partial charge in [0, 0.05) is 16.1 Å². The molecule has 0 fully saturated rings. The fraction of sp³-hybridized carbons (Fsp3) is 0.125. The number of halogens is 1. The minimum Gasteiger partial charge on any atom is -0.508 e. The van der Waals surface area contributed by atoms with E-state index in [1.165, 1.54) is 25.5 Å². The highest BCUT2D eigenvalue weighted by Crippen LogP contribution is 2.22. The minimum atomic E-state index is -0.216. The Bertz CT molecular complexity index is 702. The van der Waals surface area contributed by atoms with Gasteiger partial charge in [0.05, 0.1) is 19.7 Å². The molecule has 2 N–H and O–H groups in total. The number of methoxy groups -OCH3 is 1. The summed E-state index contributed by atoms with van der Waals surface area (Å²) in [5.74, 6) is 0.366. The maximum atomic E-state index is 11.8. The monoisotopic (exact) mass is 362 g/mol. The summed E-state index contributed by atoms with van der Waals surface area (Å²) < 4.78 is 6.05. The average molecular weight is 363 g/mol. The highest BCUT2D eigenvalue weighted by molar-refractivity contribution is 9.10. The van der Waals surface area contributed by atoms with Crippen LogP contribution in [0, 0.1) is 0 Å². The Morgan fingerprint density at radius 2 is 2.18 bits per heavy atom. The third-order valence-electron chi connectivity index (χ3n) is 2.86. The molecular formula is C16H15BrN2O3. The van der Waals surface area contributed by atoms with Crippen LogP contribution < -0.4 is 10.2 Å². The lowest BCUT2D eigenvalue weighted by molar-refractivity contribution is -0.120. The molecule has 2 aromatic rings. The summed E-state index contributed by atoms with van der Waals surface area (Å²) in [5.41, 5.74) is 4.01. The summed E-state index contributed by atoms with van der Waals surface area (Å²) in [6, 6.07) is 12.2. The number of nitrogens with one attached hydrogen (secondary N) is 1. The van der Waals surface area contributed by atoms with Crippen LogP contribution in [-0.2, 0) is 11.2 Å². The van der Waals surface area contributed by atoms with Crippen molar-refractivity contribution in [1.29, 1.82) is 0 Å². The summed E-state index contributed by atoms with van der Waals surface area (Å²) in [6.07, 6.45) is 1.71. The first-order valence-electron chi connectivity index (χ1n) is 6.52. The van der Waals surface area contributed by atoms with Crippen molar-refractivity contribution in [3.05, 3.63) is 58.1 Å². The van der Waals surface area contributed by atoms with Crippen molar-refractivity contribution in [3.8, 4) is 11.5 Å². The van der Waals surface area contributed by atoms with Gasteiger partial charge in [-0.3, -0.25) is 4.79 Å². The van der Waals surface area contributed by atoms with Crippen molar-refractivity contribution in [2.24, 2.45) is 5.10 Å². The molecule has 2 rings (SSSR count). The maximum absolute atomic E-state index is 11.8. The lowest BCUT2D eigenvalue weighted by Gasteiger charge is -2.05. The fourth-order valence-electron chi connectivity index (χ4n) is 1.85. The topological polar surface area (TPSA) is 70.9 Å². The smallest absolute Gasteiger partial charge is 0.244 e. The molecule has 6 heteroatoms. The van der Waals surface area contributed by atoms with Crippen LogP contribution >= 0.6 is 15.9 Å². The lowest BCUT2D eigenvalue weighted by atomic mass is 10.1. The molecule has 0 saturated carbocycles. The number of ether oxygens (including phenoxy) is 1. The van der Waals surface area contributed by atoms with Crippen LogP contribution in [0.3, 0.4) is 0 Å². The number of aromatic hydroxyl groups is 1. The van der Waals surface area contributed by atoms with Crippen molar-refractivity contribution in [2.75, 3.05) is 7.11 Å². The van der Waals surface area contributed by atoms with Gasteiger partial charge in [-0.1, -0.05) is 28.1 Å². The summed E-state index contributed by atoms with van der Waals surface area (Å²) in [4.78, 5) is 11.8. The standard InChI is InChI=1S/C16H15BrN2O3/c1-22-15-9-14(20)6-5-12(15)10-18-19-16(21)8-11-3-2-4-13(17)7-11/h2-7,9-10,20H,8H2,1H3,(H,19,21)/b18-10+. The maximum Gasteiger partial charge on any atom is 0.244 e. The first kappa shape index (κ1) is 16.0. The first-order chi connectivity index (χ1) is 10.6. The van der Waals surface area contributed by atoms with Crippen LogP contribution in [0.5, 0.6) is 11.5 Å². The van der Waals surface area contributed by atoms with Crippen molar-refractivity contribution in [2.45, 2.75) is 6.42 Å². The SMILES string of the molecule is COc1cc(O)ccc1/C=N/NC(=O)Cc1cccc(Br)c1. The Morgan fingerprint density at radius 1 is 1.36 bits per heavy atom. The molecule has 0 saturated heterocycles. The number of nitrogens with zero attached hydrogens (tertiary/aromatic N) is 1. The van der Waals surface area contributed by atoms with Crippen molar-refractivity contribution in [3.63, 3.8) is 0 Å². The van der Waals surface area contributed by atoms with E-state index in [0.29, 0.717) is 11.3 Å². The Kier molecular flexibility index (Phi) is 5.55. The highest BCUT2D eigenvalue weighted by Gasteiger charge is 2.04. The van der Waals surface area contributed by atoms with Crippen LogP contribution in [0.2, 0.25) is 0 Å². The van der Waals surface area contributed by atoms with Crippen molar-refractivity contribution < 1.29 is 14.6 Å². The van der Waals surface area contributed by atoms with Crippen LogP contribution in [-0.4, -0.2) is 24.3 Å². The van der Waals surface area contributed by atoms with E-state index in [-0.39, 0.29) is 18.1 Å². The molecule has 2 aromatic carbocycles. The van der Waals surface area contributed by atoms with Gasteiger partial charge in [-0.25, -0.2) is 5.43 Å². The number of phenolic OH excluding ortho intramolecular Hbond substituents is 1.